The minimum atomic E-state index is -0.723. The Morgan fingerprint density at radius 3 is 2.74 bits per heavy atom. The molecule has 0 radical (unpaired) electrons. The van der Waals surface area contributed by atoms with Crippen LogP contribution < -0.4 is 11.1 Å². The second-order valence-corrected chi connectivity index (χ2v) is 4.07. The Balaban J connectivity index is 2.94. The Morgan fingerprint density at radius 1 is 1.47 bits per heavy atom. The number of nitrogens with two attached hydrogens (primary N) is 1. The molecule has 5 nitrogen and oxygen atoms in total. The first-order valence-corrected chi connectivity index (χ1v) is 5.94. The Bertz CT molecular complexity index is 477. The van der Waals surface area contributed by atoms with Crippen molar-refractivity contribution in [1.29, 1.82) is 0 Å². The lowest BCUT2D eigenvalue weighted by Gasteiger charge is -2.13. The first-order valence-electron chi connectivity index (χ1n) is 5.94. The Kier molecular flexibility index (Phi) is 5.44. The van der Waals surface area contributed by atoms with E-state index in [0.717, 1.165) is 18.6 Å². The standard InChI is InChI=1S/C13H17FN2O3/c1-3-4-10(15)12(17)16-11-6-5-8(14)7-9(11)13(18)19-2/h5-7,10H,3-4,15H2,1-2H3,(H,16,17)/t10-/m1/s1. The summed E-state index contributed by atoms with van der Waals surface area (Å²) in [6, 6.07) is 2.79. The van der Waals surface area contributed by atoms with Crippen molar-refractivity contribution in [1.82, 2.24) is 0 Å². The number of nitrogens with one attached hydrogen (secondary N) is 1. The van der Waals surface area contributed by atoms with Crippen molar-refractivity contribution in [3.63, 3.8) is 0 Å². The van der Waals surface area contributed by atoms with Crippen LogP contribution in [0.15, 0.2) is 18.2 Å². The van der Waals surface area contributed by atoms with E-state index >= 15 is 0 Å². The normalized spacial score (nSPS) is 11.8. The molecule has 0 aliphatic carbocycles. The largest absolute Gasteiger partial charge is 0.465 e. The van der Waals surface area contributed by atoms with Gasteiger partial charge in [0.05, 0.1) is 24.4 Å². The third-order valence-corrected chi connectivity index (χ3v) is 2.58. The summed E-state index contributed by atoms with van der Waals surface area (Å²) in [5.41, 5.74) is 5.80. The second-order valence-electron chi connectivity index (χ2n) is 4.07. The number of carbonyl (C=O) groups excluding carboxylic acids is 2. The minimum absolute atomic E-state index is 0.0421. The molecule has 0 saturated heterocycles. The van der Waals surface area contributed by atoms with E-state index in [4.69, 9.17) is 5.73 Å². The van der Waals surface area contributed by atoms with E-state index in [9.17, 15) is 14.0 Å². The average molecular weight is 268 g/mol. The van der Waals surface area contributed by atoms with E-state index in [1.807, 2.05) is 6.92 Å². The lowest BCUT2D eigenvalue weighted by atomic mass is 10.1. The fourth-order valence-corrected chi connectivity index (χ4v) is 1.57. The van der Waals surface area contributed by atoms with Gasteiger partial charge >= 0.3 is 5.97 Å². The van der Waals surface area contributed by atoms with E-state index in [2.05, 4.69) is 10.1 Å². The molecule has 6 heteroatoms. The highest BCUT2D eigenvalue weighted by Crippen LogP contribution is 2.18. The number of halogens is 1. The van der Waals surface area contributed by atoms with Gasteiger partial charge in [0.15, 0.2) is 0 Å². The van der Waals surface area contributed by atoms with Gasteiger partial charge in [0.2, 0.25) is 5.91 Å². The summed E-state index contributed by atoms with van der Waals surface area (Å²) in [5, 5.41) is 2.51. The molecule has 19 heavy (non-hydrogen) atoms. The number of methoxy groups -OCH3 is 1. The molecule has 0 spiro atoms. The summed E-state index contributed by atoms with van der Waals surface area (Å²) >= 11 is 0. The SMILES string of the molecule is CCC[C@@H](N)C(=O)Nc1ccc(F)cc1C(=O)OC. The fraction of sp³-hybridized carbons (Fsp3) is 0.385. The number of amides is 1. The highest BCUT2D eigenvalue weighted by molar-refractivity contribution is 6.02. The predicted molar refractivity (Wildman–Crippen MR) is 69.3 cm³/mol. The molecule has 0 heterocycles. The van der Waals surface area contributed by atoms with Crippen LogP contribution in [0.5, 0.6) is 0 Å². The van der Waals surface area contributed by atoms with Crippen LogP contribution in [0.2, 0.25) is 0 Å². The maximum atomic E-state index is 13.1. The molecule has 1 aromatic carbocycles. The minimum Gasteiger partial charge on any atom is -0.465 e. The number of hydrogen-bond donors (Lipinski definition) is 2. The van der Waals surface area contributed by atoms with Gasteiger partial charge in [-0.2, -0.15) is 0 Å². The van der Waals surface area contributed by atoms with Crippen molar-refractivity contribution in [3.05, 3.63) is 29.6 Å². The van der Waals surface area contributed by atoms with Crippen molar-refractivity contribution < 1.29 is 18.7 Å². The van der Waals surface area contributed by atoms with E-state index < -0.39 is 23.7 Å². The quantitative estimate of drug-likeness (QED) is 0.796. The Labute approximate surface area is 110 Å². The summed E-state index contributed by atoms with van der Waals surface area (Å²) < 4.78 is 17.6. The molecule has 3 N–H and O–H groups in total. The van der Waals surface area contributed by atoms with Crippen LogP contribution in [-0.4, -0.2) is 25.0 Å². The van der Waals surface area contributed by atoms with Crippen LogP contribution in [0.25, 0.3) is 0 Å². The van der Waals surface area contributed by atoms with Crippen molar-refractivity contribution >= 4 is 17.6 Å². The molecule has 1 amide bonds. The van der Waals surface area contributed by atoms with Crippen LogP contribution in [-0.2, 0) is 9.53 Å². The van der Waals surface area contributed by atoms with Gasteiger partial charge in [-0.15, -0.1) is 0 Å². The second kappa shape index (κ2) is 6.84. The zero-order valence-corrected chi connectivity index (χ0v) is 10.9. The number of rotatable bonds is 5. The summed E-state index contributed by atoms with van der Waals surface area (Å²) in [6.45, 7) is 1.91. The average Bonchev–Trinajstić information content (AvgIpc) is 2.40. The molecule has 1 atom stereocenters. The molecule has 1 rings (SSSR count). The number of hydrogen-bond acceptors (Lipinski definition) is 4. The van der Waals surface area contributed by atoms with E-state index in [0.29, 0.717) is 6.42 Å². The monoisotopic (exact) mass is 268 g/mol. The number of ether oxygens (including phenoxy) is 1. The number of carbonyl (C=O) groups is 2. The molecule has 0 aliphatic rings. The number of anilines is 1. The van der Waals surface area contributed by atoms with Crippen LogP contribution in [0.1, 0.15) is 30.1 Å². The van der Waals surface area contributed by atoms with Gasteiger partial charge in [-0.25, -0.2) is 9.18 Å². The molecular formula is C13H17FN2O3. The molecule has 0 bridgehead atoms. The third kappa shape index (κ3) is 4.03. The maximum absolute atomic E-state index is 13.1. The van der Waals surface area contributed by atoms with Gasteiger partial charge in [0.25, 0.3) is 0 Å². The summed E-state index contributed by atoms with van der Waals surface area (Å²) in [5.74, 6) is -1.73. The van der Waals surface area contributed by atoms with Gasteiger partial charge in [-0.05, 0) is 24.6 Å². The Hall–Kier alpha value is -1.95. The zero-order valence-electron chi connectivity index (χ0n) is 10.9. The predicted octanol–water partition coefficient (Wildman–Crippen LogP) is 1.68. The lowest BCUT2D eigenvalue weighted by Crippen LogP contribution is -2.35. The van der Waals surface area contributed by atoms with Gasteiger partial charge in [-0.3, -0.25) is 4.79 Å². The molecule has 0 aliphatic heterocycles. The number of benzene rings is 1. The van der Waals surface area contributed by atoms with E-state index in [1.54, 1.807) is 0 Å². The van der Waals surface area contributed by atoms with Crippen molar-refractivity contribution in [3.8, 4) is 0 Å². The van der Waals surface area contributed by atoms with Crippen molar-refractivity contribution in [2.45, 2.75) is 25.8 Å². The topological polar surface area (TPSA) is 81.4 Å². The molecule has 1 aromatic rings. The smallest absolute Gasteiger partial charge is 0.340 e. The maximum Gasteiger partial charge on any atom is 0.340 e. The van der Waals surface area contributed by atoms with Gasteiger partial charge < -0.3 is 15.8 Å². The van der Waals surface area contributed by atoms with Crippen LogP contribution in [0.4, 0.5) is 10.1 Å². The molecule has 0 fully saturated rings. The summed E-state index contributed by atoms with van der Waals surface area (Å²) in [4.78, 5) is 23.3. The number of esters is 1. The highest BCUT2D eigenvalue weighted by atomic mass is 19.1. The fourth-order valence-electron chi connectivity index (χ4n) is 1.57. The van der Waals surface area contributed by atoms with Gasteiger partial charge in [0.1, 0.15) is 5.82 Å². The Morgan fingerprint density at radius 2 is 2.16 bits per heavy atom. The van der Waals surface area contributed by atoms with Crippen molar-refractivity contribution in [2.75, 3.05) is 12.4 Å². The third-order valence-electron chi connectivity index (χ3n) is 2.58. The summed E-state index contributed by atoms with van der Waals surface area (Å²) in [7, 11) is 1.18. The molecule has 104 valence electrons. The lowest BCUT2D eigenvalue weighted by molar-refractivity contribution is -0.117. The van der Waals surface area contributed by atoms with Crippen LogP contribution in [0, 0.1) is 5.82 Å². The van der Waals surface area contributed by atoms with Gasteiger partial charge in [0, 0.05) is 0 Å². The van der Waals surface area contributed by atoms with E-state index in [-0.39, 0.29) is 11.3 Å². The first-order chi connectivity index (χ1) is 8.99. The van der Waals surface area contributed by atoms with Crippen LogP contribution in [0.3, 0.4) is 0 Å². The molecule has 0 aromatic heterocycles. The molecule has 0 unspecified atom stereocenters. The zero-order chi connectivity index (χ0) is 14.4. The van der Waals surface area contributed by atoms with E-state index in [1.165, 1.54) is 13.2 Å². The van der Waals surface area contributed by atoms with Gasteiger partial charge in [-0.1, -0.05) is 13.3 Å². The summed E-state index contributed by atoms with van der Waals surface area (Å²) in [6.07, 6.45) is 1.29. The molecule has 0 saturated carbocycles. The van der Waals surface area contributed by atoms with Crippen molar-refractivity contribution in [2.24, 2.45) is 5.73 Å². The first kappa shape index (κ1) is 15.1. The van der Waals surface area contributed by atoms with Crippen LogP contribution >= 0.6 is 0 Å². The molecular weight excluding hydrogens is 251 g/mol. The highest BCUT2D eigenvalue weighted by Gasteiger charge is 2.18.